The summed E-state index contributed by atoms with van der Waals surface area (Å²) >= 11 is 6.02. The molecule has 0 fully saturated rings. The lowest BCUT2D eigenvalue weighted by atomic mass is 9.97. The monoisotopic (exact) mass is 419 g/mol. The number of fused-ring (bicyclic) bond motifs is 5. The number of thioether (sulfide) groups is 1. The van der Waals surface area contributed by atoms with Crippen molar-refractivity contribution in [1.82, 2.24) is 4.98 Å². The van der Waals surface area contributed by atoms with Crippen molar-refractivity contribution in [2.24, 2.45) is 0 Å². The maximum absolute atomic E-state index is 6.25. The standard InChI is InChI=1S/C14H16IN2OS2/c1-19-14-16-12-11(9-4-2-3-5-10(9)20-12)13-17(14)7-8(6-15)18-13/h8H,2-7H2,1H3/q+1/t8-/m0/s1. The molecule has 2 aromatic heterocycles. The van der Waals surface area contributed by atoms with Crippen molar-refractivity contribution < 1.29 is 9.30 Å². The van der Waals surface area contributed by atoms with Crippen LogP contribution in [0.5, 0.6) is 5.88 Å². The Balaban J connectivity index is 1.98. The van der Waals surface area contributed by atoms with E-state index in [1.165, 1.54) is 41.5 Å². The van der Waals surface area contributed by atoms with E-state index in [4.69, 9.17) is 9.72 Å². The van der Waals surface area contributed by atoms with E-state index in [0.29, 0.717) is 6.10 Å². The molecule has 0 saturated carbocycles. The van der Waals surface area contributed by atoms with Gasteiger partial charge in [0.2, 0.25) is 4.83 Å². The number of aromatic nitrogens is 2. The molecule has 0 N–H and O–H groups in total. The zero-order valence-electron chi connectivity index (χ0n) is 11.3. The second-order valence-corrected chi connectivity index (χ2v) is 8.04. The molecule has 2 aromatic rings. The quantitative estimate of drug-likeness (QED) is 0.246. The van der Waals surface area contributed by atoms with Crippen molar-refractivity contribution >= 4 is 55.9 Å². The summed E-state index contributed by atoms with van der Waals surface area (Å²) in [6.45, 7) is 0.946. The normalized spacial score (nSPS) is 20.8. The van der Waals surface area contributed by atoms with Gasteiger partial charge in [-0.15, -0.1) is 0 Å². The summed E-state index contributed by atoms with van der Waals surface area (Å²) in [5.74, 6) is 1.08. The molecule has 0 saturated heterocycles. The van der Waals surface area contributed by atoms with Crippen LogP contribution in [0.1, 0.15) is 23.3 Å². The highest BCUT2D eigenvalue weighted by atomic mass is 127. The highest BCUT2D eigenvalue weighted by Gasteiger charge is 2.36. The van der Waals surface area contributed by atoms with Crippen LogP contribution in [0.4, 0.5) is 0 Å². The Hall–Kier alpha value is -0.0800. The van der Waals surface area contributed by atoms with Crippen LogP contribution in [0.25, 0.3) is 10.2 Å². The molecule has 1 atom stereocenters. The Kier molecular flexibility index (Phi) is 3.58. The predicted molar refractivity (Wildman–Crippen MR) is 91.5 cm³/mol. The lowest BCUT2D eigenvalue weighted by molar-refractivity contribution is -0.720. The van der Waals surface area contributed by atoms with Crippen molar-refractivity contribution in [1.29, 1.82) is 0 Å². The van der Waals surface area contributed by atoms with Gasteiger partial charge in [0, 0.05) is 9.30 Å². The Morgan fingerprint density at radius 2 is 2.30 bits per heavy atom. The van der Waals surface area contributed by atoms with Gasteiger partial charge in [-0.3, -0.25) is 0 Å². The highest BCUT2D eigenvalue weighted by Crippen LogP contribution is 2.41. The molecule has 3 heterocycles. The summed E-state index contributed by atoms with van der Waals surface area (Å²) in [7, 11) is 0. The minimum atomic E-state index is 0.299. The van der Waals surface area contributed by atoms with Crippen molar-refractivity contribution in [3.8, 4) is 5.88 Å². The van der Waals surface area contributed by atoms with Crippen LogP contribution in [0.15, 0.2) is 5.16 Å². The van der Waals surface area contributed by atoms with E-state index in [2.05, 4.69) is 33.4 Å². The minimum absolute atomic E-state index is 0.299. The third-order valence-electron chi connectivity index (χ3n) is 4.06. The maximum atomic E-state index is 6.25. The molecule has 106 valence electrons. The van der Waals surface area contributed by atoms with Gasteiger partial charge in [-0.25, -0.2) is 0 Å². The second-order valence-electron chi connectivity index (χ2n) is 5.30. The van der Waals surface area contributed by atoms with Crippen molar-refractivity contribution in [2.75, 3.05) is 10.7 Å². The average molecular weight is 419 g/mol. The third-order valence-corrected chi connectivity index (χ3v) is 6.90. The van der Waals surface area contributed by atoms with Crippen LogP contribution in [0.3, 0.4) is 0 Å². The lowest BCUT2D eigenvalue weighted by Gasteiger charge is -2.10. The van der Waals surface area contributed by atoms with E-state index >= 15 is 0 Å². The van der Waals surface area contributed by atoms with E-state index < -0.39 is 0 Å². The molecular weight excluding hydrogens is 403 g/mol. The van der Waals surface area contributed by atoms with Crippen molar-refractivity contribution in [2.45, 2.75) is 43.5 Å². The second kappa shape index (κ2) is 5.28. The van der Waals surface area contributed by atoms with Gasteiger partial charge in [0.15, 0.2) is 0 Å². The van der Waals surface area contributed by atoms with E-state index in [-0.39, 0.29) is 0 Å². The van der Waals surface area contributed by atoms with Gasteiger partial charge in [-0.1, -0.05) is 33.9 Å². The van der Waals surface area contributed by atoms with Gasteiger partial charge < -0.3 is 4.74 Å². The Labute approximate surface area is 140 Å². The van der Waals surface area contributed by atoms with Crippen LogP contribution < -0.4 is 9.30 Å². The molecule has 20 heavy (non-hydrogen) atoms. The Bertz CT molecular complexity index is 686. The zero-order valence-corrected chi connectivity index (χ0v) is 15.1. The molecule has 0 unspecified atom stereocenters. The van der Waals surface area contributed by atoms with Crippen LogP contribution in [-0.4, -0.2) is 21.8 Å². The number of alkyl halides is 1. The van der Waals surface area contributed by atoms with Crippen LogP contribution in [0.2, 0.25) is 0 Å². The molecule has 3 nitrogen and oxygen atoms in total. The van der Waals surface area contributed by atoms with Gasteiger partial charge in [-0.2, -0.15) is 4.57 Å². The topological polar surface area (TPSA) is 26.0 Å². The lowest BCUT2D eigenvalue weighted by Crippen LogP contribution is -2.36. The SMILES string of the molecule is CSc1nc2sc3c(c2c2[n+]1C[C@H](CI)O2)CCCC3. The first-order valence-corrected chi connectivity index (χ1v) is 10.5. The number of rotatable bonds is 2. The van der Waals surface area contributed by atoms with Crippen LogP contribution in [-0.2, 0) is 19.4 Å². The number of hydrogen-bond acceptors (Lipinski definition) is 4. The molecule has 0 bridgehead atoms. The van der Waals surface area contributed by atoms with E-state index in [1.54, 1.807) is 16.6 Å². The fourth-order valence-electron chi connectivity index (χ4n) is 3.14. The third kappa shape index (κ3) is 1.98. The van der Waals surface area contributed by atoms with E-state index in [9.17, 15) is 0 Å². The van der Waals surface area contributed by atoms with Gasteiger partial charge in [0.1, 0.15) is 18.0 Å². The molecule has 0 spiro atoms. The number of halogens is 1. The first-order valence-electron chi connectivity index (χ1n) is 6.96. The molecule has 2 aliphatic rings. The number of aryl methyl sites for hydroxylation is 2. The summed E-state index contributed by atoms with van der Waals surface area (Å²) in [6.07, 6.45) is 7.45. The minimum Gasteiger partial charge on any atom is -0.453 e. The Morgan fingerprint density at radius 3 is 3.10 bits per heavy atom. The molecular formula is C14H16IN2OS2+. The largest absolute Gasteiger partial charge is 0.453 e. The molecule has 0 amide bonds. The Morgan fingerprint density at radius 1 is 1.45 bits per heavy atom. The zero-order chi connectivity index (χ0) is 13.7. The van der Waals surface area contributed by atoms with Gasteiger partial charge in [0.25, 0.3) is 5.88 Å². The molecule has 0 radical (unpaired) electrons. The van der Waals surface area contributed by atoms with Crippen molar-refractivity contribution in [3.63, 3.8) is 0 Å². The number of ether oxygens (including phenoxy) is 1. The number of hydrogen-bond donors (Lipinski definition) is 0. The summed E-state index contributed by atoms with van der Waals surface area (Å²) in [5, 5.41) is 2.41. The van der Waals surface area contributed by atoms with Crippen molar-refractivity contribution in [3.05, 3.63) is 10.4 Å². The van der Waals surface area contributed by atoms with Gasteiger partial charge >= 0.3 is 5.16 Å². The fraction of sp³-hybridized carbons (Fsp3) is 0.571. The molecule has 1 aliphatic carbocycles. The van der Waals surface area contributed by atoms with Crippen LogP contribution >= 0.6 is 45.7 Å². The summed E-state index contributed by atoms with van der Waals surface area (Å²) in [5.41, 5.74) is 1.52. The smallest absolute Gasteiger partial charge is 0.363 e. The first kappa shape index (κ1) is 13.6. The van der Waals surface area contributed by atoms with Gasteiger partial charge in [0.05, 0.1) is 0 Å². The summed E-state index contributed by atoms with van der Waals surface area (Å²) < 4.78 is 9.56. The first-order chi connectivity index (χ1) is 9.81. The maximum Gasteiger partial charge on any atom is 0.363 e. The van der Waals surface area contributed by atoms with Gasteiger partial charge in [-0.05, 0) is 54.2 Å². The molecule has 4 rings (SSSR count). The predicted octanol–water partition coefficient (Wildman–Crippen LogP) is 3.38. The van der Waals surface area contributed by atoms with E-state index in [0.717, 1.165) is 22.0 Å². The highest BCUT2D eigenvalue weighted by molar-refractivity contribution is 14.1. The average Bonchev–Trinajstić information content (AvgIpc) is 3.06. The number of nitrogens with zero attached hydrogens (tertiary/aromatic N) is 2. The number of thiophene rings is 1. The summed E-state index contributed by atoms with van der Waals surface area (Å²) in [4.78, 5) is 7.63. The molecule has 6 heteroatoms. The molecule has 0 aromatic carbocycles. The summed E-state index contributed by atoms with van der Waals surface area (Å²) in [6, 6.07) is 0. The molecule has 1 aliphatic heterocycles. The van der Waals surface area contributed by atoms with E-state index in [1.807, 2.05) is 11.3 Å². The fourth-order valence-corrected chi connectivity index (χ4v) is 5.47. The van der Waals surface area contributed by atoms with Crippen LogP contribution in [0, 0.1) is 0 Å².